The number of aromatic nitrogens is 2. The molecule has 2 heterocycles. The molecule has 0 aliphatic carbocycles. The minimum absolute atomic E-state index is 0.128. The number of ether oxygens (including phenoxy) is 2. The number of nitrogens with zero attached hydrogens (tertiary/aromatic N) is 2. The van der Waals surface area contributed by atoms with Crippen molar-refractivity contribution in [2.24, 2.45) is 0 Å². The van der Waals surface area contributed by atoms with E-state index < -0.39 is 0 Å². The number of fused-ring (bicyclic) bond motifs is 1. The van der Waals surface area contributed by atoms with E-state index in [1.54, 1.807) is 19.1 Å². The number of carbonyl (C=O) groups is 1. The minimum atomic E-state index is -0.299. The van der Waals surface area contributed by atoms with Crippen LogP contribution in [-0.2, 0) is 0 Å². The largest absolute Gasteiger partial charge is 0.493 e. The maximum Gasteiger partial charge on any atom is 0.279 e. The van der Waals surface area contributed by atoms with Gasteiger partial charge in [0, 0.05) is 21.4 Å². The van der Waals surface area contributed by atoms with Gasteiger partial charge in [-0.3, -0.25) is 14.8 Å². The molecule has 7 heteroatoms. The van der Waals surface area contributed by atoms with Crippen LogP contribution in [0.2, 0.25) is 0 Å². The molecule has 1 amide bonds. The average Bonchev–Trinajstić information content (AvgIpc) is 3.20. The highest BCUT2D eigenvalue weighted by atomic mass is 79.9. The Bertz CT molecular complexity index is 1010. The zero-order valence-corrected chi connectivity index (χ0v) is 16.7. The van der Waals surface area contributed by atoms with E-state index >= 15 is 0 Å². The molecule has 0 spiro atoms. The second-order valence-corrected chi connectivity index (χ2v) is 7.20. The summed E-state index contributed by atoms with van der Waals surface area (Å²) in [4.78, 5) is 14.9. The molecular formula is C20H18BrN3O3. The number of benzene rings is 2. The molecule has 4 rings (SSSR count). The lowest BCUT2D eigenvalue weighted by molar-refractivity contribution is 0.0988. The molecule has 0 saturated heterocycles. The van der Waals surface area contributed by atoms with Gasteiger partial charge in [-0.15, -0.1) is 0 Å². The van der Waals surface area contributed by atoms with Gasteiger partial charge in [0.1, 0.15) is 0 Å². The Labute approximate surface area is 165 Å². The molecule has 27 heavy (non-hydrogen) atoms. The fraction of sp³-hybridized carbons (Fsp3) is 0.200. The van der Waals surface area contributed by atoms with Crippen molar-refractivity contribution in [3.63, 3.8) is 0 Å². The average molecular weight is 428 g/mol. The Balaban J connectivity index is 1.89. The van der Waals surface area contributed by atoms with Crippen LogP contribution in [0, 0.1) is 6.92 Å². The van der Waals surface area contributed by atoms with Crippen LogP contribution in [0.15, 0.2) is 46.9 Å². The number of halogens is 1. The van der Waals surface area contributed by atoms with E-state index in [9.17, 15) is 4.79 Å². The summed E-state index contributed by atoms with van der Waals surface area (Å²) < 4.78 is 11.8. The number of hydrogen-bond acceptors (Lipinski definition) is 4. The summed E-state index contributed by atoms with van der Waals surface area (Å²) in [6.45, 7) is 1.93. The maximum absolute atomic E-state index is 13.1. The van der Waals surface area contributed by atoms with Crippen molar-refractivity contribution in [3.8, 4) is 11.5 Å². The number of nitrogens with one attached hydrogen (secondary N) is 1. The number of rotatable bonds is 4. The highest BCUT2D eigenvalue weighted by molar-refractivity contribution is 9.10. The maximum atomic E-state index is 13.1. The second-order valence-electron chi connectivity index (χ2n) is 6.28. The van der Waals surface area contributed by atoms with Crippen LogP contribution in [0.4, 0.5) is 5.69 Å². The number of amides is 1. The van der Waals surface area contributed by atoms with Gasteiger partial charge in [0.05, 0.1) is 20.3 Å². The van der Waals surface area contributed by atoms with E-state index in [2.05, 4.69) is 26.1 Å². The monoisotopic (exact) mass is 427 g/mol. The molecular weight excluding hydrogens is 410 g/mol. The molecule has 1 aromatic heterocycles. The standard InChI is InChI=1S/C20H18BrN3O3/c1-11-17-18(23-22-11)20(25)24(14-7-5-13(21)6-8-14)19(17)12-4-9-15(26-2)16(10-12)27-3/h4-10,19H,1-3H3,(H,22,23)/t19-/m0/s1. The lowest BCUT2D eigenvalue weighted by Crippen LogP contribution is -2.29. The van der Waals surface area contributed by atoms with Crippen LogP contribution in [0.25, 0.3) is 0 Å². The number of hydrogen-bond donors (Lipinski definition) is 1. The number of H-pyrrole nitrogens is 1. The van der Waals surface area contributed by atoms with Crippen LogP contribution >= 0.6 is 15.9 Å². The van der Waals surface area contributed by atoms with Crippen LogP contribution in [-0.4, -0.2) is 30.3 Å². The van der Waals surface area contributed by atoms with Crippen molar-refractivity contribution < 1.29 is 14.3 Å². The Morgan fingerprint density at radius 3 is 2.44 bits per heavy atom. The Kier molecular flexibility index (Phi) is 4.39. The third-order valence-electron chi connectivity index (χ3n) is 4.78. The van der Waals surface area contributed by atoms with Crippen molar-refractivity contribution >= 4 is 27.5 Å². The van der Waals surface area contributed by atoms with E-state index in [4.69, 9.17) is 9.47 Å². The van der Waals surface area contributed by atoms with Crippen molar-refractivity contribution in [1.82, 2.24) is 10.2 Å². The SMILES string of the molecule is COc1ccc([C@H]2c3c(n[nH]c3C)C(=O)N2c2ccc(Br)cc2)cc1OC. The first-order valence-corrected chi connectivity index (χ1v) is 9.20. The zero-order valence-electron chi connectivity index (χ0n) is 15.1. The van der Waals surface area contributed by atoms with Crippen LogP contribution in [0.3, 0.4) is 0 Å². The van der Waals surface area contributed by atoms with E-state index in [0.717, 1.165) is 27.0 Å². The fourth-order valence-corrected chi connectivity index (χ4v) is 3.77. The van der Waals surface area contributed by atoms with Gasteiger partial charge in [-0.2, -0.15) is 5.10 Å². The van der Waals surface area contributed by atoms with Crippen LogP contribution in [0.5, 0.6) is 11.5 Å². The molecule has 138 valence electrons. The first-order valence-electron chi connectivity index (χ1n) is 8.41. The molecule has 1 atom stereocenters. The second kappa shape index (κ2) is 6.74. The summed E-state index contributed by atoms with van der Waals surface area (Å²) in [6, 6.07) is 13.1. The molecule has 1 aliphatic rings. The molecule has 0 radical (unpaired) electrons. The molecule has 0 saturated carbocycles. The lowest BCUT2D eigenvalue weighted by atomic mass is 9.98. The molecule has 0 unspecified atom stereocenters. The van der Waals surface area contributed by atoms with Gasteiger partial charge in [0.25, 0.3) is 5.91 Å². The summed E-state index contributed by atoms with van der Waals surface area (Å²) in [6.07, 6.45) is 0. The van der Waals surface area contributed by atoms with Gasteiger partial charge < -0.3 is 9.47 Å². The summed E-state index contributed by atoms with van der Waals surface area (Å²) in [5.74, 6) is 1.13. The number of methoxy groups -OCH3 is 2. The summed E-state index contributed by atoms with van der Waals surface area (Å²) in [7, 11) is 3.20. The predicted molar refractivity (Wildman–Crippen MR) is 106 cm³/mol. The van der Waals surface area contributed by atoms with E-state index in [1.807, 2.05) is 49.4 Å². The Morgan fingerprint density at radius 1 is 1.07 bits per heavy atom. The summed E-state index contributed by atoms with van der Waals surface area (Å²) in [5.41, 5.74) is 3.94. The van der Waals surface area contributed by atoms with Gasteiger partial charge in [0.15, 0.2) is 17.2 Å². The van der Waals surface area contributed by atoms with Crippen LogP contribution < -0.4 is 14.4 Å². The van der Waals surface area contributed by atoms with Gasteiger partial charge in [0.2, 0.25) is 0 Å². The molecule has 6 nitrogen and oxygen atoms in total. The van der Waals surface area contributed by atoms with Gasteiger partial charge in [-0.25, -0.2) is 0 Å². The fourth-order valence-electron chi connectivity index (χ4n) is 3.50. The van der Waals surface area contributed by atoms with Crippen molar-refractivity contribution in [3.05, 3.63) is 69.5 Å². The number of aromatic amines is 1. The summed E-state index contributed by atoms with van der Waals surface area (Å²) >= 11 is 3.45. The highest BCUT2D eigenvalue weighted by Gasteiger charge is 2.42. The third kappa shape index (κ3) is 2.78. The van der Waals surface area contributed by atoms with Gasteiger partial charge in [-0.1, -0.05) is 22.0 Å². The molecule has 1 N–H and O–H groups in total. The zero-order chi connectivity index (χ0) is 19.1. The number of aryl methyl sites for hydroxylation is 1. The summed E-state index contributed by atoms with van der Waals surface area (Å²) in [5, 5.41) is 7.18. The number of anilines is 1. The molecule has 0 bridgehead atoms. The molecule has 3 aromatic rings. The van der Waals surface area contributed by atoms with Crippen LogP contribution in [0.1, 0.15) is 33.4 Å². The van der Waals surface area contributed by atoms with Gasteiger partial charge in [-0.05, 0) is 48.9 Å². The normalized spacial score (nSPS) is 15.8. The topological polar surface area (TPSA) is 67.5 Å². The quantitative estimate of drug-likeness (QED) is 0.675. The first kappa shape index (κ1) is 17.6. The first-order chi connectivity index (χ1) is 13.0. The van der Waals surface area contributed by atoms with E-state index in [1.165, 1.54) is 0 Å². The Hall–Kier alpha value is -2.80. The van der Waals surface area contributed by atoms with Crippen molar-refractivity contribution in [2.75, 3.05) is 19.1 Å². The van der Waals surface area contributed by atoms with E-state index in [-0.39, 0.29) is 11.9 Å². The molecule has 1 aliphatic heterocycles. The number of carbonyl (C=O) groups excluding carboxylic acids is 1. The smallest absolute Gasteiger partial charge is 0.279 e. The minimum Gasteiger partial charge on any atom is -0.493 e. The molecule has 2 aromatic carbocycles. The van der Waals surface area contributed by atoms with Crippen molar-refractivity contribution in [2.45, 2.75) is 13.0 Å². The Morgan fingerprint density at radius 2 is 1.78 bits per heavy atom. The highest BCUT2D eigenvalue weighted by Crippen LogP contribution is 2.44. The predicted octanol–water partition coefficient (Wildman–Crippen LogP) is 4.25. The van der Waals surface area contributed by atoms with Crippen molar-refractivity contribution in [1.29, 1.82) is 0 Å². The lowest BCUT2D eigenvalue weighted by Gasteiger charge is -2.27. The molecule has 0 fully saturated rings. The van der Waals surface area contributed by atoms with Gasteiger partial charge >= 0.3 is 0 Å². The third-order valence-corrected chi connectivity index (χ3v) is 5.30. The van der Waals surface area contributed by atoms with E-state index in [0.29, 0.717) is 17.2 Å².